The Morgan fingerprint density at radius 2 is 1.69 bits per heavy atom. The van der Waals surface area contributed by atoms with Crippen molar-refractivity contribution in [2.75, 3.05) is 4.90 Å². The van der Waals surface area contributed by atoms with E-state index in [1.54, 1.807) is 17.0 Å². The van der Waals surface area contributed by atoms with Crippen molar-refractivity contribution in [3.8, 4) is 0 Å². The van der Waals surface area contributed by atoms with E-state index in [-0.39, 0.29) is 16.2 Å². The molecule has 2 heterocycles. The molecule has 0 saturated carbocycles. The van der Waals surface area contributed by atoms with Crippen molar-refractivity contribution < 1.29 is 18.0 Å². The summed E-state index contributed by atoms with van der Waals surface area (Å²) < 4.78 is 41.0. The van der Waals surface area contributed by atoms with Crippen LogP contribution >= 0.6 is 11.3 Å². The highest BCUT2D eigenvalue weighted by Crippen LogP contribution is 2.38. The van der Waals surface area contributed by atoms with Gasteiger partial charge in [0.25, 0.3) is 5.91 Å². The minimum atomic E-state index is -4.58. The smallest absolute Gasteiger partial charge is 0.303 e. The molecule has 0 N–H and O–H groups in total. The van der Waals surface area contributed by atoms with Crippen molar-refractivity contribution >= 4 is 33.1 Å². The lowest BCUT2D eigenvalue weighted by atomic mass is 10.2. The van der Waals surface area contributed by atoms with E-state index in [0.717, 1.165) is 16.9 Å². The van der Waals surface area contributed by atoms with Gasteiger partial charge in [0, 0.05) is 18.1 Å². The molecule has 0 bridgehead atoms. The van der Waals surface area contributed by atoms with E-state index in [1.807, 2.05) is 48.5 Å². The van der Waals surface area contributed by atoms with Crippen LogP contribution in [0.15, 0.2) is 66.7 Å². The average molecular weight is 415 g/mol. The van der Waals surface area contributed by atoms with Crippen molar-refractivity contribution in [1.82, 2.24) is 9.78 Å². The third-order valence-electron chi connectivity index (χ3n) is 4.49. The number of carbonyl (C=O) groups excluding carboxylic acids is 1. The molecule has 0 atom stereocenters. The highest BCUT2D eigenvalue weighted by atomic mass is 32.1. The van der Waals surface area contributed by atoms with Crippen LogP contribution in [-0.4, -0.2) is 15.7 Å². The molecule has 148 valence electrons. The third kappa shape index (κ3) is 3.75. The number of rotatable bonds is 4. The molecule has 0 aliphatic carbocycles. The van der Waals surface area contributed by atoms with Crippen LogP contribution in [0, 0.1) is 0 Å². The van der Waals surface area contributed by atoms with Gasteiger partial charge in [-0.1, -0.05) is 48.5 Å². The second kappa shape index (κ2) is 7.36. The summed E-state index contributed by atoms with van der Waals surface area (Å²) in [5.41, 5.74) is 0.621. The molecule has 4 aromatic rings. The number of benzene rings is 2. The van der Waals surface area contributed by atoms with Crippen molar-refractivity contribution in [2.45, 2.75) is 12.7 Å². The van der Waals surface area contributed by atoms with Crippen molar-refractivity contribution in [2.24, 2.45) is 7.05 Å². The zero-order valence-electron chi connectivity index (χ0n) is 15.3. The summed E-state index contributed by atoms with van der Waals surface area (Å²) in [6.45, 7) is 0.308. The minimum Gasteiger partial charge on any atom is -0.303 e. The van der Waals surface area contributed by atoms with E-state index >= 15 is 0 Å². The maximum atomic E-state index is 13.3. The Hall–Kier alpha value is -3.13. The molecule has 0 fully saturated rings. The lowest BCUT2D eigenvalue weighted by molar-refractivity contribution is -0.140. The number of hydrogen-bond acceptors (Lipinski definition) is 3. The minimum absolute atomic E-state index is 0.0546. The lowest BCUT2D eigenvalue weighted by Crippen LogP contribution is -2.29. The quantitative estimate of drug-likeness (QED) is 0.441. The number of para-hydroxylation sites is 1. The number of thiophene rings is 1. The normalized spacial score (nSPS) is 11.7. The molecule has 2 aromatic carbocycles. The maximum Gasteiger partial charge on any atom is 0.435 e. The first-order chi connectivity index (χ1) is 13.8. The molecule has 0 unspecified atom stereocenters. The summed E-state index contributed by atoms with van der Waals surface area (Å²) in [6.07, 6.45) is -4.58. The predicted octanol–water partition coefficient (Wildman–Crippen LogP) is 5.50. The fraction of sp³-hybridized carbons (Fsp3) is 0.143. The molecule has 8 heteroatoms. The fourth-order valence-electron chi connectivity index (χ4n) is 3.14. The number of nitrogens with zero attached hydrogens (tertiary/aromatic N) is 3. The van der Waals surface area contributed by atoms with Crippen LogP contribution in [0.25, 0.3) is 10.2 Å². The van der Waals surface area contributed by atoms with E-state index in [2.05, 4.69) is 5.10 Å². The van der Waals surface area contributed by atoms with Gasteiger partial charge < -0.3 is 4.90 Å². The van der Waals surface area contributed by atoms with Crippen molar-refractivity contribution in [3.63, 3.8) is 0 Å². The fourth-order valence-corrected chi connectivity index (χ4v) is 4.16. The van der Waals surface area contributed by atoms with Gasteiger partial charge in [0.05, 0.1) is 11.4 Å². The van der Waals surface area contributed by atoms with Gasteiger partial charge >= 0.3 is 6.18 Å². The van der Waals surface area contributed by atoms with Crippen LogP contribution in [0.2, 0.25) is 0 Å². The second-order valence-corrected chi connectivity index (χ2v) is 7.54. The first-order valence-electron chi connectivity index (χ1n) is 8.79. The Kier molecular flexibility index (Phi) is 4.87. The molecule has 1 amide bonds. The van der Waals surface area contributed by atoms with Gasteiger partial charge in [-0.15, -0.1) is 11.3 Å². The highest BCUT2D eigenvalue weighted by Gasteiger charge is 2.37. The maximum absolute atomic E-state index is 13.3. The first-order valence-corrected chi connectivity index (χ1v) is 9.61. The lowest BCUT2D eigenvalue weighted by Gasteiger charge is -2.22. The number of hydrogen-bond donors (Lipinski definition) is 0. The molecular weight excluding hydrogens is 399 g/mol. The number of aromatic nitrogens is 2. The van der Waals surface area contributed by atoms with E-state index in [9.17, 15) is 18.0 Å². The van der Waals surface area contributed by atoms with Crippen molar-refractivity contribution in [1.29, 1.82) is 0 Å². The summed E-state index contributed by atoms with van der Waals surface area (Å²) in [6, 6.07) is 19.8. The second-order valence-electron chi connectivity index (χ2n) is 6.51. The Labute approximate surface area is 168 Å². The van der Waals surface area contributed by atoms with Crippen LogP contribution in [0.5, 0.6) is 0 Å². The summed E-state index contributed by atoms with van der Waals surface area (Å²) in [5, 5.41) is 3.51. The Morgan fingerprint density at radius 3 is 2.31 bits per heavy atom. The van der Waals surface area contributed by atoms with Crippen LogP contribution < -0.4 is 4.90 Å². The van der Waals surface area contributed by atoms with E-state index in [1.165, 1.54) is 17.8 Å². The van der Waals surface area contributed by atoms with Gasteiger partial charge in [-0.25, -0.2) is 0 Å². The number of alkyl halides is 3. The standard InChI is InChI=1S/C21H16F3N3OS/c1-26-20-16(18(25-26)21(22,23)24)12-17(29-20)19(28)27(15-10-6-3-7-11-15)13-14-8-4-2-5-9-14/h2-12H,13H2,1H3. The molecule has 2 aromatic heterocycles. The molecule has 0 saturated heterocycles. The van der Waals surface area contributed by atoms with E-state index in [0.29, 0.717) is 17.1 Å². The van der Waals surface area contributed by atoms with Crippen LogP contribution in [-0.2, 0) is 19.8 Å². The van der Waals surface area contributed by atoms with Gasteiger partial charge in [0.15, 0.2) is 5.69 Å². The first kappa shape index (κ1) is 19.2. The SMILES string of the molecule is Cn1nc(C(F)(F)F)c2cc(C(=O)N(Cc3ccccc3)c3ccccc3)sc21. The summed E-state index contributed by atoms with van der Waals surface area (Å²) >= 11 is 1.01. The molecule has 0 aliphatic rings. The Bertz CT molecular complexity index is 1150. The Balaban J connectivity index is 1.76. The molecule has 0 spiro atoms. The monoisotopic (exact) mass is 415 g/mol. The van der Waals surface area contributed by atoms with Gasteiger partial charge in [0.2, 0.25) is 0 Å². The number of halogens is 3. The average Bonchev–Trinajstić information content (AvgIpc) is 3.27. The van der Waals surface area contributed by atoms with Gasteiger partial charge in [0.1, 0.15) is 4.83 Å². The van der Waals surface area contributed by atoms with Gasteiger partial charge in [-0.2, -0.15) is 18.3 Å². The summed E-state index contributed by atoms with van der Waals surface area (Å²) in [7, 11) is 1.45. The molecule has 0 radical (unpaired) electrons. The zero-order valence-corrected chi connectivity index (χ0v) is 16.2. The largest absolute Gasteiger partial charge is 0.435 e. The number of anilines is 1. The molecule has 4 rings (SSSR count). The molecule has 29 heavy (non-hydrogen) atoms. The summed E-state index contributed by atoms with van der Waals surface area (Å²) in [5.74, 6) is -0.352. The van der Waals surface area contributed by atoms with Crippen LogP contribution in [0.1, 0.15) is 20.9 Å². The molecule has 0 aliphatic heterocycles. The highest BCUT2D eigenvalue weighted by molar-refractivity contribution is 7.20. The topological polar surface area (TPSA) is 38.1 Å². The predicted molar refractivity (Wildman–Crippen MR) is 107 cm³/mol. The van der Waals surface area contributed by atoms with Crippen molar-refractivity contribution in [3.05, 3.63) is 82.9 Å². The van der Waals surface area contributed by atoms with Crippen LogP contribution in [0.3, 0.4) is 0 Å². The third-order valence-corrected chi connectivity index (χ3v) is 5.68. The van der Waals surface area contributed by atoms with Gasteiger partial charge in [-0.05, 0) is 23.8 Å². The molecule has 4 nitrogen and oxygen atoms in total. The zero-order chi connectivity index (χ0) is 20.6. The summed E-state index contributed by atoms with van der Waals surface area (Å²) in [4.78, 5) is 15.4. The van der Waals surface area contributed by atoms with E-state index in [4.69, 9.17) is 0 Å². The number of amides is 1. The number of carbonyl (C=O) groups is 1. The Morgan fingerprint density at radius 1 is 1.07 bits per heavy atom. The number of fused-ring (bicyclic) bond motifs is 1. The van der Waals surface area contributed by atoms with E-state index < -0.39 is 11.9 Å². The van der Waals surface area contributed by atoms with Crippen LogP contribution in [0.4, 0.5) is 18.9 Å². The number of aryl methyl sites for hydroxylation is 1. The van der Waals surface area contributed by atoms with Gasteiger partial charge in [-0.3, -0.25) is 9.48 Å². The molecular formula is C21H16F3N3OS.